The molecule has 4 rings (SSSR count). The van der Waals surface area contributed by atoms with Crippen LogP contribution in [-0.4, -0.2) is 28.3 Å². The molecule has 4 aromatic rings. The lowest BCUT2D eigenvalue weighted by Crippen LogP contribution is -1.97. The SMILES string of the molecule is COc1ccc(C)cc1-c1cc(Nc2cnccc2SC)cc2nccnc12. The first-order valence-electron chi connectivity index (χ1n) is 8.84. The van der Waals surface area contributed by atoms with Crippen LogP contribution in [-0.2, 0) is 0 Å². The van der Waals surface area contributed by atoms with Crippen molar-refractivity contribution in [1.29, 1.82) is 0 Å². The van der Waals surface area contributed by atoms with Crippen LogP contribution in [0.1, 0.15) is 5.56 Å². The Morgan fingerprint density at radius 3 is 2.64 bits per heavy atom. The van der Waals surface area contributed by atoms with E-state index in [0.717, 1.165) is 49.7 Å². The summed E-state index contributed by atoms with van der Waals surface area (Å²) in [5, 5.41) is 3.49. The van der Waals surface area contributed by atoms with Crippen LogP contribution in [0.5, 0.6) is 5.75 Å². The third kappa shape index (κ3) is 3.51. The van der Waals surface area contributed by atoms with Crippen LogP contribution < -0.4 is 10.1 Å². The number of hydrogen-bond acceptors (Lipinski definition) is 6. The van der Waals surface area contributed by atoms with E-state index in [1.165, 1.54) is 0 Å². The van der Waals surface area contributed by atoms with E-state index >= 15 is 0 Å². The maximum Gasteiger partial charge on any atom is 0.126 e. The zero-order chi connectivity index (χ0) is 19.5. The number of fused-ring (bicyclic) bond motifs is 1. The lowest BCUT2D eigenvalue weighted by Gasteiger charge is -2.15. The Labute approximate surface area is 168 Å². The Kier molecular flexibility index (Phi) is 5.12. The molecule has 1 N–H and O–H groups in total. The van der Waals surface area contributed by atoms with Gasteiger partial charge in [0, 0.05) is 40.3 Å². The van der Waals surface area contributed by atoms with Gasteiger partial charge in [0.25, 0.3) is 0 Å². The summed E-state index contributed by atoms with van der Waals surface area (Å²) >= 11 is 1.68. The highest BCUT2D eigenvalue weighted by molar-refractivity contribution is 7.98. The molecule has 2 aromatic carbocycles. The number of thioether (sulfide) groups is 1. The fourth-order valence-electron chi connectivity index (χ4n) is 3.19. The van der Waals surface area contributed by atoms with Gasteiger partial charge in [-0.1, -0.05) is 11.6 Å². The molecule has 0 radical (unpaired) electrons. The van der Waals surface area contributed by atoms with Gasteiger partial charge in [-0.3, -0.25) is 15.0 Å². The fourth-order valence-corrected chi connectivity index (χ4v) is 3.71. The predicted octanol–water partition coefficient (Wildman–Crippen LogP) is 5.47. The number of anilines is 2. The molecular weight excluding hydrogens is 368 g/mol. The molecular formula is C22H20N4OS. The van der Waals surface area contributed by atoms with Gasteiger partial charge in [-0.05, 0) is 43.5 Å². The number of aromatic nitrogens is 3. The number of pyridine rings is 1. The van der Waals surface area contributed by atoms with Crippen molar-refractivity contribution >= 4 is 34.2 Å². The summed E-state index contributed by atoms with van der Waals surface area (Å²) in [4.78, 5) is 14.5. The van der Waals surface area contributed by atoms with Crippen LogP contribution in [0.25, 0.3) is 22.2 Å². The van der Waals surface area contributed by atoms with Gasteiger partial charge in [0.15, 0.2) is 0 Å². The van der Waals surface area contributed by atoms with Gasteiger partial charge < -0.3 is 10.1 Å². The van der Waals surface area contributed by atoms with E-state index in [1.54, 1.807) is 37.5 Å². The van der Waals surface area contributed by atoms with Crippen molar-refractivity contribution < 1.29 is 4.74 Å². The molecule has 140 valence electrons. The molecule has 0 aliphatic heterocycles. The molecule has 0 saturated carbocycles. The van der Waals surface area contributed by atoms with Crippen LogP contribution >= 0.6 is 11.8 Å². The summed E-state index contributed by atoms with van der Waals surface area (Å²) in [6.07, 6.45) is 9.11. The quantitative estimate of drug-likeness (QED) is 0.457. The fraction of sp³-hybridized carbons (Fsp3) is 0.136. The van der Waals surface area contributed by atoms with Gasteiger partial charge in [0.05, 0.1) is 30.0 Å². The Morgan fingerprint density at radius 1 is 0.964 bits per heavy atom. The second-order valence-corrected chi connectivity index (χ2v) is 7.20. The highest BCUT2D eigenvalue weighted by atomic mass is 32.2. The monoisotopic (exact) mass is 388 g/mol. The van der Waals surface area contributed by atoms with Crippen molar-refractivity contribution in [2.45, 2.75) is 11.8 Å². The van der Waals surface area contributed by atoms with Crippen molar-refractivity contribution in [3.63, 3.8) is 0 Å². The molecule has 0 spiro atoms. The Bertz CT molecular complexity index is 1150. The maximum atomic E-state index is 5.62. The second kappa shape index (κ2) is 7.86. The molecule has 0 fully saturated rings. The minimum Gasteiger partial charge on any atom is -0.496 e. The van der Waals surface area contributed by atoms with Crippen molar-refractivity contribution in [3.8, 4) is 16.9 Å². The average molecular weight is 388 g/mol. The van der Waals surface area contributed by atoms with Crippen LogP contribution in [0.15, 0.2) is 66.1 Å². The van der Waals surface area contributed by atoms with E-state index in [-0.39, 0.29) is 0 Å². The molecule has 5 nitrogen and oxygen atoms in total. The Morgan fingerprint density at radius 2 is 1.82 bits per heavy atom. The second-order valence-electron chi connectivity index (χ2n) is 6.35. The first-order valence-corrected chi connectivity index (χ1v) is 10.1. The van der Waals surface area contributed by atoms with Crippen LogP contribution in [0.4, 0.5) is 11.4 Å². The molecule has 6 heteroatoms. The van der Waals surface area contributed by atoms with Gasteiger partial charge in [-0.15, -0.1) is 11.8 Å². The molecule has 0 saturated heterocycles. The summed E-state index contributed by atoms with van der Waals surface area (Å²) in [5.41, 5.74) is 6.67. The molecule has 0 atom stereocenters. The van der Waals surface area contributed by atoms with Gasteiger partial charge in [-0.25, -0.2) is 0 Å². The van der Waals surface area contributed by atoms with Gasteiger partial charge >= 0.3 is 0 Å². The van der Waals surface area contributed by atoms with E-state index < -0.39 is 0 Å². The van der Waals surface area contributed by atoms with Crippen molar-refractivity contribution in [1.82, 2.24) is 15.0 Å². The lowest BCUT2D eigenvalue weighted by atomic mass is 9.99. The van der Waals surface area contributed by atoms with E-state index in [0.29, 0.717) is 0 Å². The van der Waals surface area contributed by atoms with Gasteiger partial charge in [-0.2, -0.15) is 0 Å². The molecule has 0 amide bonds. The molecule has 2 heterocycles. The molecule has 0 bridgehead atoms. The van der Waals surface area contributed by atoms with E-state index in [1.807, 2.05) is 30.5 Å². The van der Waals surface area contributed by atoms with Crippen molar-refractivity contribution in [2.24, 2.45) is 0 Å². The predicted molar refractivity (Wildman–Crippen MR) is 116 cm³/mol. The molecule has 0 aliphatic rings. The van der Waals surface area contributed by atoms with E-state index in [4.69, 9.17) is 4.74 Å². The highest BCUT2D eigenvalue weighted by Gasteiger charge is 2.14. The highest BCUT2D eigenvalue weighted by Crippen LogP contribution is 2.37. The van der Waals surface area contributed by atoms with Crippen LogP contribution in [0, 0.1) is 6.92 Å². The molecule has 0 aliphatic carbocycles. The number of rotatable bonds is 5. The van der Waals surface area contributed by atoms with E-state index in [2.05, 4.69) is 45.6 Å². The van der Waals surface area contributed by atoms with Crippen LogP contribution in [0.3, 0.4) is 0 Å². The van der Waals surface area contributed by atoms with E-state index in [9.17, 15) is 0 Å². The Balaban J connectivity index is 1.91. The lowest BCUT2D eigenvalue weighted by molar-refractivity contribution is 0.416. The number of methoxy groups -OCH3 is 1. The summed E-state index contributed by atoms with van der Waals surface area (Å²) in [5.74, 6) is 0.806. The normalized spacial score (nSPS) is 10.8. The number of benzene rings is 2. The number of nitrogens with one attached hydrogen (secondary N) is 1. The zero-order valence-corrected chi connectivity index (χ0v) is 16.7. The number of aryl methyl sites for hydroxylation is 1. The van der Waals surface area contributed by atoms with Crippen LogP contribution in [0.2, 0.25) is 0 Å². The molecule has 2 aromatic heterocycles. The third-order valence-corrected chi connectivity index (χ3v) is 5.29. The summed E-state index contributed by atoms with van der Waals surface area (Å²) in [7, 11) is 1.69. The first kappa shape index (κ1) is 18.3. The van der Waals surface area contributed by atoms with Crippen molar-refractivity contribution in [2.75, 3.05) is 18.7 Å². The zero-order valence-electron chi connectivity index (χ0n) is 15.9. The largest absolute Gasteiger partial charge is 0.496 e. The third-order valence-electron chi connectivity index (χ3n) is 4.50. The van der Waals surface area contributed by atoms with Gasteiger partial charge in [0.1, 0.15) is 5.75 Å². The minimum atomic E-state index is 0.806. The first-order chi connectivity index (χ1) is 13.7. The molecule has 28 heavy (non-hydrogen) atoms. The molecule has 0 unspecified atom stereocenters. The van der Waals surface area contributed by atoms with Crippen molar-refractivity contribution in [3.05, 3.63) is 66.7 Å². The summed E-state index contributed by atoms with van der Waals surface area (Å²) in [6.45, 7) is 2.07. The number of nitrogens with zero attached hydrogens (tertiary/aromatic N) is 3. The minimum absolute atomic E-state index is 0.806. The van der Waals surface area contributed by atoms with Gasteiger partial charge in [0.2, 0.25) is 0 Å². The number of ether oxygens (including phenoxy) is 1. The summed E-state index contributed by atoms with van der Waals surface area (Å²) < 4.78 is 5.62. The Hall–Kier alpha value is -3.12. The average Bonchev–Trinajstić information content (AvgIpc) is 2.73. The maximum absolute atomic E-state index is 5.62. The standard InChI is InChI=1S/C22H20N4OS/c1-14-4-5-20(27-2)16(10-14)17-11-15(12-18-22(17)25-9-8-24-18)26-19-13-23-7-6-21(19)28-3/h4-13,26H,1-3H3. The number of hydrogen-bond donors (Lipinski definition) is 1. The topological polar surface area (TPSA) is 59.9 Å². The smallest absolute Gasteiger partial charge is 0.126 e. The summed E-state index contributed by atoms with van der Waals surface area (Å²) in [6, 6.07) is 12.2.